The van der Waals surface area contributed by atoms with Crippen LogP contribution in [-0.2, 0) is 4.79 Å². The molecule has 8 heteroatoms. The Bertz CT molecular complexity index is 883. The predicted octanol–water partition coefficient (Wildman–Crippen LogP) is 5.00. The van der Waals surface area contributed by atoms with Crippen LogP contribution in [0.5, 0.6) is 0 Å². The summed E-state index contributed by atoms with van der Waals surface area (Å²) in [5.41, 5.74) is 1.51. The first-order valence-electron chi connectivity index (χ1n) is 9.10. The SMILES string of the molecule is C[C@H](NC(=O)C1CCN(c2ccccc2[N+](=O)[O-])CC1)c1ccc(Cl)cc1Cl. The van der Waals surface area contributed by atoms with E-state index in [1.165, 1.54) is 6.07 Å². The van der Waals surface area contributed by atoms with E-state index in [9.17, 15) is 14.9 Å². The van der Waals surface area contributed by atoms with Crippen LogP contribution in [0, 0.1) is 16.0 Å². The molecule has 1 fully saturated rings. The smallest absolute Gasteiger partial charge is 0.292 e. The second kappa shape index (κ2) is 8.80. The van der Waals surface area contributed by atoms with E-state index < -0.39 is 0 Å². The minimum absolute atomic E-state index is 0.0271. The summed E-state index contributed by atoms with van der Waals surface area (Å²) in [6, 6.07) is 11.7. The second-order valence-corrected chi connectivity index (χ2v) is 7.75. The molecule has 1 N–H and O–H groups in total. The molecule has 2 aromatic carbocycles. The van der Waals surface area contributed by atoms with Crippen LogP contribution in [0.3, 0.4) is 0 Å². The summed E-state index contributed by atoms with van der Waals surface area (Å²) in [5, 5.41) is 15.3. The molecule has 0 aromatic heterocycles. The number of carbonyl (C=O) groups is 1. The molecule has 1 amide bonds. The lowest BCUT2D eigenvalue weighted by atomic mass is 9.94. The van der Waals surface area contributed by atoms with Gasteiger partial charge in [0.1, 0.15) is 5.69 Å². The fraction of sp³-hybridized carbons (Fsp3) is 0.350. The van der Waals surface area contributed by atoms with Gasteiger partial charge in [0.15, 0.2) is 0 Å². The number of nitrogens with zero attached hydrogens (tertiary/aromatic N) is 2. The highest BCUT2D eigenvalue weighted by Gasteiger charge is 2.29. The Morgan fingerprint density at radius 2 is 1.89 bits per heavy atom. The summed E-state index contributed by atoms with van der Waals surface area (Å²) in [6.45, 7) is 3.08. The summed E-state index contributed by atoms with van der Waals surface area (Å²) in [6.07, 6.45) is 1.28. The largest absolute Gasteiger partial charge is 0.366 e. The third-order valence-electron chi connectivity index (χ3n) is 5.07. The van der Waals surface area contributed by atoms with Gasteiger partial charge in [0, 0.05) is 35.1 Å². The molecule has 0 radical (unpaired) electrons. The zero-order valence-corrected chi connectivity index (χ0v) is 16.9. The lowest BCUT2D eigenvalue weighted by Crippen LogP contribution is -2.41. The molecule has 1 heterocycles. The van der Waals surface area contributed by atoms with Gasteiger partial charge in [0.05, 0.1) is 11.0 Å². The highest BCUT2D eigenvalue weighted by atomic mass is 35.5. The van der Waals surface area contributed by atoms with Gasteiger partial charge < -0.3 is 10.2 Å². The maximum Gasteiger partial charge on any atom is 0.292 e. The summed E-state index contributed by atoms with van der Waals surface area (Å²) < 4.78 is 0. The number of halogens is 2. The number of nitro groups is 1. The normalized spacial score (nSPS) is 15.9. The van der Waals surface area contributed by atoms with Crippen molar-refractivity contribution in [3.63, 3.8) is 0 Å². The molecule has 3 rings (SSSR count). The van der Waals surface area contributed by atoms with E-state index in [1.807, 2.05) is 17.9 Å². The Kier molecular flexibility index (Phi) is 6.42. The summed E-state index contributed by atoms with van der Waals surface area (Å²) >= 11 is 12.1. The van der Waals surface area contributed by atoms with Crippen molar-refractivity contribution in [2.45, 2.75) is 25.8 Å². The minimum Gasteiger partial charge on any atom is -0.366 e. The number of piperidine rings is 1. The molecule has 2 aromatic rings. The molecule has 1 atom stereocenters. The number of carbonyl (C=O) groups excluding carboxylic acids is 1. The average Bonchev–Trinajstić information content (AvgIpc) is 2.68. The van der Waals surface area contributed by atoms with Gasteiger partial charge in [0.25, 0.3) is 5.69 Å². The number of hydrogen-bond donors (Lipinski definition) is 1. The zero-order valence-electron chi connectivity index (χ0n) is 15.4. The van der Waals surface area contributed by atoms with Crippen molar-refractivity contribution in [1.29, 1.82) is 0 Å². The van der Waals surface area contributed by atoms with Crippen LogP contribution in [0.15, 0.2) is 42.5 Å². The van der Waals surface area contributed by atoms with E-state index >= 15 is 0 Å². The highest BCUT2D eigenvalue weighted by molar-refractivity contribution is 6.35. The predicted molar refractivity (Wildman–Crippen MR) is 111 cm³/mol. The Labute approximate surface area is 173 Å². The number of amides is 1. The molecule has 0 unspecified atom stereocenters. The van der Waals surface area contributed by atoms with Crippen LogP contribution in [0.4, 0.5) is 11.4 Å². The van der Waals surface area contributed by atoms with E-state index in [0.29, 0.717) is 41.7 Å². The van der Waals surface area contributed by atoms with Crippen LogP contribution < -0.4 is 10.2 Å². The average molecular weight is 422 g/mol. The third-order valence-corrected chi connectivity index (χ3v) is 5.64. The number of hydrogen-bond acceptors (Lipinski definition) is 4. The molecular weight excluding hydrogens is 401 g/mol. The molecule has 28 heavy (non-hydrogen) atoms. The topological polar surface area (TPSA) is 75.5 Å². The molecule has 0 aliphatic carbocycles. The number of anilines is 1. The first-order chi connectivity index (χ1) is 13.4. The van der Waals surface area contributed by atoms with Gasteiger partial charge in [0.2, 0.25) is 5.91 Å². The lowest BCUT2D eigenvalue weighted by Gasteiger charge is -2.33. The molecule has 1 saturated heterocycles. The van der Waals surface area contributed by atoms with Crippen LogP contribution in [-0.4, -0.2) is 23.9 Å². The van der Waals surface area contributed by atoms with Gasteiger partial charge in [-0.1, -0.05) is 41.4 Å². The van der Waals surface area contributed by atoms with Crippen LogP contribution in [0.25, 0.3) is 0 Å². The van der Waals surface area contributed by atoms with Crippen molar-refractivity contribution >= 4 is 40.5 Å². The fourth-order valence-corrected chi connectivity index (χ4v) is 4.10. The molecule has 6 nitrogen and oxygen atoms in total. The Hall–Kier alpha value is -2.31. The lowest BCUT2D eigenvalue weighted by molar-refractivity contribution is -0.384. The molecule has 148 valence electrons. The number of para-hydroxylation sites is 2. The van der Waals surface area contributed by atoms with Gasteiger partial charge in [-0.3, -0.25) is 14.9 Å². The van der Waals surface area contributed by atoms with Crippen molar-refractivity contribution in [2.75, 3.05) is 18.0 Å². The maximum absolute atomic E-state index is 12.7. The number of benzene rings is 2. The number of nitrogens with one attached hydrogen (secondary N) is 1. The van der Waals surface area contributed by atoms with Crippen LogP contribution in [0.1, 0.15) is 31.4 Å². The van der Waals surface area contributed by atoms with E-state index in [2.05, 4.69) is 5.32 Å². The van der Waals surface area contributed by atoms with Gasteiger partial charge >= 0.3 is 0 Å². The molecular formula is C20H21Cl2N3O3. The van der Waals surface area contributed by atoms with E-state index in [-0.39, 0.29) is 28.5 Å². The monoisotopic (exact) mass is 421 g/mol. The Balaban J connectivity index is 1.60. The van der Waals surface area contributed by atoms with Crippen LogP contribution >= 0.6 is 23.2 Å². The third kappa shape index (κ3) is 4.56. The van der Waals surface area contributed by atoms with Crippen molar-refractivity contribution in [1.82, 2.24) is 5.32 Å². The standard InChI is InChI=1S/C20H21Cl2N3O3/c1-13(16-7-6-15(21)12-17(16)22)23-20(26)14-8-10-24(11-9-14)18-4-2-3-5-19(18)25(27)28/h2-7,12-14H,8-11H2,1H3,(H,23,26)/t13-/m0/s1. The molecule has 1 aliphatic rings. The van der Waals surface area contributed by atoms with Gasteiger partial charge in [-0.05, 0) is 43.5 Å². The van der Waals surface area contributed by atoms with Gasteiger partial charge in [-0.25, -0.2) is 0 Å². The summed E-state index contributed by atoms with van der Waals surface area (Å²) in [4.78, 5) is 25.5. The number of rotatable bonds is 5. The Morgan fingerprint density at radius 3 is 2.54 bits per heavy atom. The van der Waals surface area contributed by atoms with Gasteiger partial charge in [-0.2, -0.15) is 0 Å². The molecule has 1 aliphatic heterocycles. The fourth-order valence-electron chi connectivity index (χ4n) is 3.53. The highest BCUT2D eigenvalue weighted by Crippen LogP contribution is 2.32. The molecule has 0 saturated carbocycles. The first kappa shape index (κ1) is 20.4. The van der Waals surface area contributed by atoms with E-state index in [4.69, 9.17) is 23.2 Å². The van der Waals surface area contributed by atoms with E-state index in [0.717, 1.165) is 5.56 Å². The molecule has 0 spiro atoms. The minimum atomic E-state index is -0.369. The second-order valence-electron chi connectivity index (χ2n) is 6.90. The number of nitro benzene ring substituents is 1. The Morgan fingerprint density at radius 1 is 1.21 bits per heavy atom. The van der Waals surface area contributed by atoms with Crippen molar-refractivity contribution < 1.29 is 9.72 Å². The first-order valence-corrected chi connectivity index (χ1v) is 9.86. The quantitative estimate of drug-likeness (QED) is 0.544. The zero-order chi connectivity index (χ0) is 20.3. The summed E-state index contributed by atoms with van der Waals surface area (Å²) in [7, 11) is 0. The maximum atomic E-state index is 12.7. The summed E-state index contributed by atoms with van der Waals surface area (Å²) in [5.74, 6) is -0.159. The van der Waals surface area contributed by atoms with Crippen LogP contribution in [0.2, 0.25) is 10.0 Å². The van der Waals surface area contributed by atoms with Crippen molar-refractivity contribution in [3.8, 4) is 0 Å². The van der Waals surface area contributed by atoms with Crippen molar-refractivity contribution in [3.05, 3.63) is 68.2 Å². The van der Waals surface area contributed by atoms with Crippen molar-refractivity contribution in [2.24, 2.45) is 5.92 Å². The molecule has 0 bridgehead atoms. The van der Waals surface area contributed by atoms with Gasteiger partial charge in [-0.15, -0.1) is 0 Å². The van der Waals surface area contributed by atoms with E-state index in [1.54, 1.807) is 30.3 Å².